The molecule has 1 saturated carbocycles. The smallest absolute Gasteiger partial charge is 0.133 e. The molecule has 0 bridgehead atoms. The molecule has 1 unspecified atom stereocenters. The van der Waals surface area contributed by atoms with Crippen LogP contribution >= 0.6 is 0 Å². The Morgan fingerprint density at radius 1 is 1.37 bits per heavy atom. The summed E-state index contributed by atoms with van der Waals surface area (Å²) >= 11 is 0. The van der Waals surface area contributed by atoms with Gasteiger partial charge in [0.25, 0.3) is 0 Å². The van der Waals surface area contributed by atoms with Crippen molar-refractivity contribution in [2.45, 2.75) is 38.4 Å². The summed E-state index contributed by atoms with van der Waals surface area (Å²) in [5.74, 6) is 1.18. The summed E-state index contributed by atoms with van der Waals surface area (Å²) in [6.07, 6.45) is 4.58. The van der Waals surface area contributed by atoms with Gasteiger partial charge in [0.05, 0.1) is 0 Å². The van der Waals surface area contributed by atoms with Crippen LogP contribution in [0.5, 0.6) is 0 Å². The van der Waals surface area contributed by atoms with E-state index in [4.69, 9.17) is 0 Å². The van der Waals surface area contributed by atoms with E-state index in [1.807, 2.05) is 12.3 Å². The van der Waals surface area contributed by atoms with E-state index in [1.165, 1.54) is 24.2 Å². The molecule has 1 aliphatic heterocycles. The number of nitrogens with zero attached hydrogens (tertiary/aromatic N) is 3. The highest BCUT2D eigenvalue weighted by atomic mass is 15.3. The van der Waals surface area contributed by atoms with Crippen LogP contribution in [0.4, 0.5) is 5.82 Å². The molecule has 1 atom stereocenters. The molecular weight excluding hydrogens is 236 g/mol. The number of nitrogens with one attached hydrogen (secondary N) is 1. The predicted octanol–water partition coefficient (Wildman–Crippen LogP) is 1.47. The number of hydrogen-bond acceptors (Lipinski definition) is 4. The third-order valence-electron chi connectivity index (χ3n) is 4.29. The van der Waals surface area contributed by atoms with E-state index < -0.39 is 0 Å². The first kappa shape index (κ1) is 12.9. The maximum absolute atomic E-state index is 4.63. The molecule has 4 nitrogen and oxygen atoms in total. The Hall–Kier alpha value is -1.13. The quantitative estimate of drug-likeness (QED) is 0.888. The van der Waals surface area contributed by atoms with Gasteiger partial charge in [0.2, 0.25) is 0 Å². The summed E-state index contributed by atoms with van der Waals surface area (Å²) in [7, 11) is 2.20. The third-order valence-corrected chi connectivity index (χ3v) is 4.29. The summed E-state index contributed by atoms with van der Waals surface area (Å²) in [6.45, 7) is 6.51. The number of anilines is 1. The van der Waals surface area contributed by atoms with Gasteiger partial charge in [0, 0.05) is 50.0 Å². The van der Waals surface area contributed by atoms with E-state index in [9.17, 15) is 0 Å². The van der Waals surface area contributed by atoms with Gasteiger partial charge in [-0.15, -0.1) is 0 Å². The Balaban J connectivity index is 1.71. The maximum Gasteiger partial charge on any atom is 0.133 e. The molecule has 2 heterocycles. The number of likely N-dealkylation sites (N-methyl/N-ethyl adjacent to an activating group) is 1. The average Bonchev–Trinajstić information content (AvgIpc) is 3.24. The first-order valence-electron chi connectivity index (χ1n) is 7.36. The number of aromatic nitrogens is 1. The van der Waals surface area contributed by atoms with Crippen LogP contribution in [0.2, 0.25) is 0 Å². The lowest BCUT2D eigenvalue weighted by molar-refractivity contribution is 0.233. The van der Waals surface area contributed by atoms with E-state index in [2.05, 4.69) is 40.1 Å². The molecule has 3 rings (SSSR count). The number of pyridine rings is 1. The Morgan fingerprint density at radius 2 is 2.21 bits per heavy atom. The highest BCUT2D eigenvalue weighted by Gasteiger charge is 2.24. The minimum atomic E-state index is 0.597. The van der Waals surface area contributed by atoms with E-state index in [-0.39, 0.29) is 0 Å². The fourth-order valence-corrected chi connectivity index (χ4v) is 2.64. The van der Waals surface area contributed by atoms with Crippen molar-refractivity contribution in [2.24, 2.45) is 0 Å². The van der Waals surface area contributed by atoms with Crippen LogP contribution < -0.4 is 10.2 Å². The molecule has 1 aromatic heterocycles. The van der Waals surface area contributed by atoms with E-state index >= 15 is 0 Å². The zero-order valence-electron chi connectivity index (χ0n) is 12.0. The van der Waals surface area contributed by atoms with Gasteiger partial charge < -0.3 is 15.1 Å². The van der Waals surface area contributed by atoms with Crippen molar-refractivity contribution in [3.05, 3.63) is 23.9 Å². The molecule has 0 radical (unpaired) electrons. The second-order valence-corrected chi connectivity index (χ2v) is 5.92. The molecule has 0 spiro atoms. The van der Waals surface area contributed by atoms with Gasteiger partial charge >= 0.3 is 0 Å². The lowest BCUT2D eigenvalue weighted by Crippen LogP contribution is -2.50. The van der Waals surface area contributed by atoms with Crippen molar-refractivity contribution in [1.82, 2.24) is 15.2 Å². The van der Waals surface area contributed by atoms with Crippen LogP contribution in [0, 0.1) is 0 Å². The van der Waals surface area contributed by atoms with Crippen molar-refractivity contribution >= 4 is 5.82 Å². The highest BCUT2D eigenvalue weighted by molar-refractivity contribution is 5.47. The topological polar surface area (TPSA) is 31.4 Å². The van der Waals surface area contributed by atoms with Crippen molar-refractivity contribution in [2.75, 3.05) is 31.6 Å². The first-order valence-corrected chi connectivity index (χ1v) is 7.36. The Kier molecular flexibility index (Phi) is 3.71. The second-order valence-electron chi connectivity index (χ2n) is 5.92. The largest absolute Gasteiger partial charge is 0.354 e. The van der Waals surface area contributed by atoms with Gasteiger partial charge in [-0.1, -0.05) is 6.07 Å². The monoisotopic (exact) mass is 260 g/mol. The third kappa shape index (κ3) is 3.07. The minimum Gasteiger partial charge on any atom is -0.354 e. The van der Waals surface area contributed by atoms with Crippen molar-refractivity contribution in [3.8, 4) is 0 Å². The van der Waals surface area contributed by atoms with E-state index in [0.29, 0.717) is 6.04 Å². The van der Waals surface area contributed by atoms with Crippen molar-refractivity contribution in [1.29, 1.82) is 0 Å². The van der Waals surface area contributed by atoms with Crippen LogP contribution in [-0.2, 0) is 6.54 Å². The van der Waals surface area contributed by atoms with Crippen LogP contribution in [-0.4, -0.2) is 48.6 Å². The molecule has 19 heavy (non-hydrogen) atoms. The van der Waals surface area contributed by atoms with Crippen LogP contribution in [0.25, 0.3) is 0 Å². The standard InChI is InChI=1S/C15H24N4/c1-12-11-19(9-8-18(12)2)15-13(4-3-7-16-15)10-17-14-5-6-14/h3-4,7,12,14,17H,5-6,8-11H2,1-2H3. The van der Waals surface area contributed by atoms with Crippen LogP contribution in [0.3, 0.4) is 0 Å². The lowest BCUT2D eigenvalue weighted by atomic mass is 10.1. The molecule has 2 fully saturated rings. The highest BCUT2D eigenvalue weighted by Crippen LogP contribution is 2.23. The number of piperazine rings is 1. The first-order chi connectivity index (χ1) is 9.24. The second kappa shape index (κ2) is 5.47. The Morgan fingerprint density at radius 3 is 2.95 bits per heavy atom. The molecule has 4 heteroatoms. The van der Waals surface area contributed by atoms with Crippen LogP contribution in [0.1, 0.15) is 25.3 Å². The predicted molar refractivity (Wildman–Crippen MR) is 78.4 cm³/mol. The summed E-state index contributed by atoms with van der Waals surface area (Å²) < 4.78 is 0. The normalized spacial score (nSPS) is 24.7. The van der Waals surface area contributed by atoms with Gasteiger partial charge in [-0.25, -0.2) is 4.98 Å². The number of hydrogen-bond donors (Lipinski definition) is 1. The SMILES string of the molecule is CC1CN(c2ncccc2CNC2CC2)CCN1C. The fraction of sp³-hybridized carbons (Fsp3) is 0.667. The van der Waals surface area contributed by atoms with Gasteiger partial charge in [0.1, 0.15) is 5.82 Å². The summed E-state index contributed by atoms with van der Waals surface area (Å²) in [5.41, 5.74) is 1.34. The average molecular weight is 260 g/mol. The van der Waals surface area contributed by atoms with Crippen molar-refractivity contribution in [3.63, 3.8) is 0 Å². The maximum atomic E-state index is 4.63. The van der Waals surface area contributed by atoms with Gasteiger partial charge in [0.15, 0.2) is 0 Å². The molecule has 0 aromatic carbocycles. The molecule has 1 saturated heterocycles. The lowest BCUT2D eigenvalue weighted by Gasteiger charge is -2.39. The van der Waals surface area contributed by atoms with Crippen LogP contribution in [0.15, 0.2) is 18.3 Å². The summed E-state index contributed by atoms with van der Waals surface area (Å²) in [6, 6.07) is 5.60. The van der Waals surface area contributed by atoms with Crippen molar-refractivity contribution < 1.29 is 0 Å². The minimum absolute atomic E-state index is 0.597. The summed E-state index contributed by atoms with van der Waals surface area (Å²) in [5, 5.41) is 3.60. The van der Waals surface area contributed by atoms with Gasteiger partial charge in [-0.05, 0) is 32.9 Å². The van der Waals surface area contributed by atoms with Gasteiger partial charge in [-0.3, -0.25) is 0 Å². The van der Waals surface area contributed by atoms with E-state index in [1.54, 1.807) is 0 Å². The summed E-state index contributed by atoms with van der Waals surface area (Å²) in [4.78, 5) is 9.48. The number of rotatable bonds is 4. The van der Waals surface area contributed by atoms with E-state index in [0.717, 1.165) is 32.2 Å². The molecular formula is C15H24N4. The fourth-order valence-electron chi connectivity index (χ4n) is 2.64. The Bertz CT molecular complexity index is 430. The Labute approximate surface area is 115 Å². The molecule has 0 amide bonds. The molecule has 2 aliphatic rings. The molecule has 104 valence electrons. The molecule has 1 N–H and O–H groups in total. The molecule has 1 aliphatic carbocycles. The van der Waals surface area contributed by atoms with Gasteiger partial charge in [-0.2, -0.15) is 0 Å². The zero-order valence-corrected chi connectivity index (χ0v) is 12.0. The molecule has 1 aromatic rings. The zero-order chi connectivity index (χ0) is 13.2.